The van der Waals surface area contributed by atoms with Gasteiger partial charge in [-0.25, -0.2) is 4.79 Å². The first-order valence-corrected chi connectivity index (χ1v) is 5.23. The molecule has 2 N–H and O–H groups in total. The molecule has 0 aliphatic rings. The van der Waals surface area contributed by atoms with E-state index in [9.17, 15) is 4.79 Å². The first-order valence-electron chi connectivity index (χ1n) is 5.23. The van der Waals surface area contributed by atoms with Gasteiger partial charge in [0.1, 0.15) is 5.76 Å². The maximum Gasteiger partial charge on any atom is 0.335 e. The Morgan fingerprint density at radius 2 is 2.12 bits per heavy atom. The highest BCUT2D eigenvalue weighted by Gasteiger charge is 2.08. The lowest BCUT2D eigenvalue weighted by Crippen LogP contribution is -1.98. The Labute approximate surface area is 98.9 Å². The van der Waals surface area contributed by atoms with Gasteiger partial charge in [0.05, 0.1) is 17.5 Å². The summed E-state index contributed by atoms with van der Waals surface area (Å²) in [4.78, 5) is 10.8. The number of hydrogen-bond acceptors (Lipinski definition) is 3. The number of anilines is 2. The molecule has 2 aromatic rings. The molecule has 1 aromatic carbocycles. The Bertz CT molecular complexity index is 538. The fraction of sp³-hybridized carbons (Fsp3) is 0.154. The number of furan rings is 1. The minimum Gasteiger partial charge on any atom is -0.478 e. The molecule has 0 aliphatic carbocycles. The number of benzene rings is 1. The molecule has 0 radical (unpaired) electrons. The molecule has 0 amide bonds. The van der Waals surface area contributed by atoms with Crippen molar-refractivity contribution in [3.05, 3.63) is 47.4 Å². The van der Waals surface area contributed by atoms with Crippen molar-refractivity contribution >= 4 is 17.3 Å². The number of carbonyl (C=O) groups is 1. The fourth-order valence-corrected chi connectivity index (χ4v) is 1.63. The summed E-state index contributed by atoms with van der Waals surface area (Å²) in [6.45, 7) is 3.79. The fourth-order valence-electron chi connectivity index (χ4n) is 1.63. The minimum atomic E-state index is -0.936. The molecular formula is C13H13NO3. The second kappa shape index (κ2) is 4.33. The van der Waals surface area contributed by atoms with Crippen molar-refractivity contribution in [2.24, 2.45) is 0 Å². The number of carboxylic acids is 1. The number of aryl methyl sites for hydroxylation is 2. The van der Waals surface area contributed by atoms with Crippen molar-refractivity contribution in [2.45, 2.75) is 13.8 Å². The molecule has 0 fully saturated rings. The molecule has 0 bridgehead atoms. The number of aromatic carboxylic acids is 1. The summed E-state index contributed by atoms with van der Waals surface area (Å²) in [5.74, 6) is -0.155. The van der Waals surface area contributed by atoms with E-state index in [4.69, 9.17) is 9.52 Å². The van der Waals surface area contributed by atoms with Crippen LogP contribution in [0.25, 0.3) is 0 Å². The molecule has 88 valence electrons. The molecule has 4 nitrogen and oxygen atoms in total. The van der Waals surface area contributed by atoms with Crippen LogP contribution in [0.5, 0.6) is 0 Å². The predicted molar refractivity (Wildman–Crippen MR) is 64.9 cm³/mol. The third-order valence-corrected chi connectivity index (χ3v) is 2.54. The van der Waals surface area contributed by atoms with Crippen molar-refractivity contribution in [1.29, 1.82) is 0 Å². The molecule has 4 heteroatoms. The van der Waals surface area contributed by atoms with E-state index in [1.807, 2.05) is 19.9 Å². The van der Waals surface area contributed by atoms with Crippen molar-refractivity contribution in [2.75, 3.05) is 5.32 Å². The zero-order chi connectivity index (χ0) is 12.4. The van der Waals surface area contributed by atoms with Crippen molar-refractivity contribution < 1.29 is 14.3 Å². The van der Waals surface area contributed by atoms with Crippen LogP contribution in [0.15, 0.2) is 34.9 Å². The van der Waals surface area contributed by atoms with Gasteiger partial charge in [-0.15, -0.1) is 0 Å². The summed E-state index contributed by atoms with van der Waals surface area (Å²) in [6.07, 6.45) is 1.67. The quantitative estimate of drug-likeness (QED) is 0.850. The largest absolute Gasteiger partial charge is 0.478 e. The molecule has 0 saturated carbocycles. The maximum atomic E-state index is 10.8. The van der Waals surface area contributed by atoms with Gasteiger partial charge in [0.25, 0.3) is 0 Å². The lowest BCUT2D eigenvalue weighted by molar-refractivity contribution is 0.0697. The summed E-state index contributed by atoms with van der Waals surface area (Å²) >= 11 is 0. The van der Waals surface area contributed by atoms with Gasteiger partial charge in [-0.1, -0.05) is 6.07 Å². The van der Waals surface area contributed by atoms with Crippen LogP contribution in [0, 0.1) is 13.8 Å². The van der Waals surface area contributed by atoms with Gasteiger partial charge in [0.2, 0.25) is 0 Å². The smallest absolute Gasteiger partial charge is 0.335 e. The van der Waals surface area contributed by atoms with E-state index in [-0.39, 0.29) is 5.56 Å². The van der Waals surface area contributed by atoms with E-state index in [0.717, 1.165) is 22.7 Å². The third-order valence-electron chi connectivity index (χ3n) is 2.54. The van der Waals surface area contributed by atoms with Gasteiger partial charge >= 0.3 is 5.97 Å². The van der Waals surface area contributed by atoms with Gasteiger partial charge in [-0.2, -0.15) is 0 Å². The first-order chi connectivity index (χ1) is 8.08. The number of hydrogen-bond donors (Lipinski definition) is 2. The van der Waals surface area contributed by atoms with Gasteiger partial charge in [0.15, 0.2) is 0 Å². The molecule has 2 rings (SSSR count). The summed E-state index contributed by atoms with van der Waals surface area (Å²) < 4.78 is 5.27. The molecule has 0 unspecified atom stereocenters. The van der Waals surface area contributed by atoms with Crippen LogP contribution < -0.4 is 5.32 Å². The topological polar surface area (TPSA) is 62.5 Å². The van der Waals surface area contributed by atoms with Crippen molar-refractivity contribution in [1.82, 2.24) is 0 Å². The maximum absolute atomic E-state index is 10.8. The average Bonchev–Trinajstić information content (AvgIpc) is 2.61. The molecule has 1 aromatic heterocycles. The summed E-state index contributed by atoms with van der Waals surface area (Å²) in [5.41, 5.74) is 2.86. The lowest BCUT2D eigenvalue weighted by atomic mass is 10.2. The van der Waals surface area contributed by atoms with E-state index in [1.165, 1.54) is 0 Å². The van der Waals surface area contributed by atoms with Crippen LogP contribution in [0.3, 0.4) is 0 Å². The average molecular weight is 231 g/mol. The number of rotatable bonds is 3. The summed E-state index contributed by atoms with van der Waals surface area (Å²) in [7, 11) is 0. The Morgan fingerprint density at radius 3 is 2.71 bits per heavy atom. The minimum absolute atomic E-state index is 0.258. The van der Waals surface area contributed by atoms with Crippen LogP contribution in [0.2, 0.25) is 0 Å². The van der Waals surface area contributed by atoms with Gasteiger partial charge in [0, 0.05) is 11.3 Å². The van der Waals surface area contributed by atoms with E-state index < -0.39 is 5.97 Å². The van der Waals surface area contributed by atoms with Crippen molar-refractivity contribution in [3.8, 4) is 0 Å². The molecule has 0 atom stereocenters. The zero-order valence-electron chi connectivity index (χ0n) is 9.65. The van der Waals surface area contributed by atoms with Crippen LogP contribution in [0.4, 0.5) is 11.4 Å². The van der Waals surface area contributed by atoms with Crippen LogP contribution in [0.1, 0.15) is 21.7 Å². The third kappa shape index (κ3) is 2.30. The monoisotopic (exact) mass is 231 g/mol. The molecule has 1 heterocycles. The predicted octanol–water partition coefficient (Wildman–Crippen LogP) is 3.34. The Hall–Kier alpha value is -2.23. The summed E-state index contributed by atoms with van der Waals surface area (Å²) in [6, 6.07) is 6.67. The second-order valence-corrected chi connectivity index (χ2v) is 3.86. The van der Waals surface area contributed by atoms with E-state index in [2.05, 4.69) is 5.32 Å². The molecule has 0 aliphatic heterocycles. The Balaban J connectivity index is 2.30. The highest BCUT2D eigenvalue weighted by molar-refractivity contribution is 5.89. The lowest BCUT2D eigenvalue weighted by Gasteiger charge is -2.07. The van der Waals surface area contributed by atoms with E-state index in [0.29, 0.717) is 0 Å². The molecule has 17 heavy (non-hydrogen) atoms. The van der Waals surface area contributed by atoms with Crippen LogP contribution >= 0.6 is 0 Å². The van der Waals surface area contributed by atoms with Crippen LogP contribution in [-0.4, -0.2) is 11.1 Å². The highest BCUT2D eigenvalue weighted by Crippen LogP contribution is 2.26. The van der Waals surface area contributed by atoms with Crippen molar-refractivity contribution in [3.63, 3.8) is 0 Å². The Kier molecular flexibility index (Phi) is 2.87. The molecular weight excluding hydrogens is 218 g/mol. The van der Waals surface area contributed by atoms with Gasteiger partial charge in [-0.05, 0) is 32.0 Å². The van der Waals surface area contributed by atoms with Gasteiger partial charge in [-0.3, -0.25) is 0 Å². The van der Waals surface area contributed by atoms with Gasteiger partial charge < -0.3 is 14.8 Å². The zero-order valence-corrected chi connectivity index (χ0v) is 9.65. The standard InChI is InChI=1S/C13H13NO3/c1-8-7-17-9(2)12(8)14-11-5-3-4-10(6-11)13(15)16/h3-7,14H,1-2H3,(H,15,16). The molecule has 0 spiro atoms. The van der Waals surface area contributed by atoms with Crippen LogP contribution in [-0.2, 0) is 0 Å². The first kappa shape index (κ1) is 11.3. The SMILES string of the molecule is Cc1coc(C)c1Nc1cccc(C(=O)O)c1. The van der Waals surface area contributed by atoms with E-state index in [1.54, 1.807) is 24.5 Å². The number of carboxylic acid groups (broad SMARTS) is 1. The Morgan fingerprint density at radius 1 is 1.35 bits per heavy atom. The second-order valence-electron chi connectivity index (χ2n) is 3.86. The normalized spacial score (nSPS) is 10.2. The molecule has 0 saturated heterocycles. The highest BCUT2D eigenvalue weighted by atomic mass is 16.4. The number of nitrogens with one attached hydrogen (secondary N) is 1. The van der Waals surface area contributed by atoms with E-state index >= 15 is 0 Å². The summed E-state index contributed by atoms with van der Waals surface area (Å²) in [5, 5.41) is 12.1.